The topological polar surface area (TPSA) is 84.4 Å². The molecule has 0 spiro atoms. The minimum atomic E-state index is -0.272. The van der Waals surface area contributed by atoms with Crippen LogP contribution in [-0.2, 0) is 11.3 Å². The van der Waals surface area contributed by atoms with Gasteiger partial charge < -0.3 is 15.0 Å². The lowest BCUT2D eigenvalue weighted by atomic mass is 9.98. The predicted molar refractivity (Wildman–Crippen MR) is 106 cm³/mol. The third-order valence-electron chi connectivity index (χ3n) is 4.89. The lowest BCUT2D eigenvalue weighted by Gasteiger charge is -2.32. The molecule has 7 heteroatoms. The molecule has 0 bridgehead atoms. The van der Waals surface area contributed by atoms with Gasteiger partial charge in [0.15, 0.2) is 5.78 Å². The maximum atomic E-state index is 12.4. The van der Waals surface area contributed by atoms with E-state index in [1.165, 1.54) is 6.92 Å². The third-order valence-corrected chi connectivity index (χ3v) is 4.89. The maximum Gasteiger partial charge on any atom is 0.410 e. The lowest BCUT2D eigenvalue weighted by Crippen LogP contribution is -2.42. The van der Waals surface area contributed by atoms with Gasteiger partial charge in [-0.25, -0.2) is 14.8 Å². The number of anilines is 1. The van der Waals surface area contributed by atoms with Crippen LogP contribution < -0.4 is 5.32 Å². The minimum Gasteiger partial charge on any atom is -0.445 e. The van der Waals surface area contributed by atoms with Gasteiger partial charge in [-0.15, -0.1) is 0 Å². The smallest absolute Gasteiger partial charge is 0.410 e. The molecular weight excluding hydrogens is 356 g/mol. The molecule has 2 heterocycles. The maximum absolute atomic E-state index is 12.4. The van der Waals surface area contributed by atoms with Crippen LogP contribution >= 0.6 is 0 Å². The summed E-state index contributed by atoms with van der Waals surface area (Å²) in [5.74, 6) is 0.765. The highest BCUT2D eigenvalue weighted by molar-refractivity contribution is 5.94. The standard InChI is InChI=1S/C21H26N4O3/c1-15-19(16(2)26)12-23-20(24-15)22-11-18-9-6-10-25(13-18)21(27)28-14-17-7-4-3-5-8-17/h3-5,7-8,12,18H,6,9-11,13-14H2,1-2H3,(H,22,23,24). The molecular formula is C21H26N4O3. The summed E-state index contributed by atoms with van der Waals surface area (Å²) in [7, 11) is 0. The Labute approximate surface area is 165 Å². The number of ether oxygens (including phenoxy) is 1. The highest BCUT2D eigenvalue weighted by atomic mass is 16.6. The Hall–Kier alpha value is -2.96. The summed E-state index contributed by atoms with van der Waals surface area (Å²) in [6.45, 7) is 5.62. The third kappa shape index (κ3) is 5.28. The van der Waals surface area contributed by atoms with E-state index >= 15 is 0 Å². The summed E-state index contributed by atoms with van der Waals surface area (Å²) in [5, 5.41) is 3.23. The van der Waals surface area contributed by atoms with Crippen molar-refractivity contribution < 1.29 is 14.3 Å². The van der Waals surface area contributed by atoms with Crippen molar-refractivity contribution in [1.29, 1.82) is 0 Å². The number of hydrogen-bond donors (Lipinski definition) is 1. The average molecular weight is 382 g/mol. The van der Waals surface area contributed by atoms with Gasteiger partial charge in [-0.05, 0) is 38.2 Å². The number of Topliss-reactive ketones (excluding diaryl/α,β-unsaturated/α-hetero) is 1. The molecule has 7 nitrogen and oxygen atoms in total. The number of nitrogens with one attached hydrogen (secondary N) is 1. The summed E-state index contributed by atoms with van der Waals surface area (Å²) in [4.78, 5) is 34.2. The minimum absolute atomic E-state index is 0.0408. The first-order chi connectivity index (χ1) is 13.5. The van der Waals surface area contributed by atoms with Crippen LogP contribution in [0.1, 0.15) is 41.4 Å². The molecule has 1 aromatic heterocycles. The van der Waals surface area contributed by atoms with E-state index in [1.807, 2.05) is 30.3 Å². The zero-order valence-electron chi connectivity index (χ0n) is 16.4. The number of piperidine rings is 1. The normalized spacial score (nSPS) is 16.5. The van der Waals surface area contributed by atoms with Gasteiger partial charge in [-0.3, -0.25) is 4.79 Å². The molecule has 1 atom stereocenters. The molecule has 1 aliphatic rings. The van der Waals surface area contributed by atoms with E-state index in [9.17, 15) is 9.59 Å². The number of aromatic nitrogens is 2. The zero-order valence-corrected chi connectivity index (χ0v) is 16.4. The number of aryl methyl sites for hydroxylation is 1. The number of hydrogen-bond acceptors (Lipinski definition) is 6. The van der Waals surface area contributed by atoms with Gasteiger partial charge in [0.2, 0.25) is 5.95 Å². The SMILES string of the molecule is CC(=O)c1cnc(NCC2CCCN(C(=O)OCc3ccccc3)C2)nc1C. The quantitative estimate of drug-likeness (QED) is 0.771. The Balaban J connectivity index is 1.48. The number of benzene rings is 1. The van der Waals surface area contributed by atoms with Gasteiger partial charge in [0.1, 0.15) is 6.61 Å². The molecule has 0 radical (unpaired) electrons. The van der Waals surface area contributed by atoms with Crippen LogP contribution in [0.15, 0.2) is 36.5 Å². The highest BCUT2D eigenvalue weighted by Gasteiger charge is 2.24. The summed E-state index contributed by atoms with van der Waals surface area (Å²) >= 11 is 0. The second kappa shape index (κ2) is 9.30. The second-order valence-electron chi connectivity index (χ2n) is 7.12. The molecule has 1 unspecified atom stereocenters. The number of carbonyl (C=O) groups is 2. The van der Waals surface area contributed by atoms with E-state index in [-0.39, 0.29) is 18.5 Å². The van der Waals surface area contributed by atoms with Gasteiger partial charge in [0.25, 0.3) is 0 Å². The molecule has 3 rings (SSSR count). The average Bonchev–Trinajstić information content (AvgIpc) is 2.71. The Morgan fingerprint density at radius 2 is 2.07 bits per heavy atom. The Kier molecular flexibility index (Phi) is 6.57. The first kappa shape index (κ1) is 19.8. The molecule has 2 aromatic rings. The molecule has 1 N–H and O–H groups in total. The van der Waals surface area contributed by atoms with E-state index in [1.54, 1.807) is 18.0 Å². The number of likely N-dealkylation sites (tertiary alicyclic amines) is 1. The van der Waals surface area contributed by atoms with Crippen molar-refractivity contribution in [1.82, 2.24) is 14.9 Å². The molecule has 1 aliphatic heterocycles. The Bertz CT molecular complexity index is 826. The fraction of sp³-hybridized carbons (Fsp3) is 0.429. The molecule has 1 amide bonds. The van der Waals surface area contributed by atoms with Crippen molar-refractivity contribution in [3.63, 3.8) is 0 Å². The van der Waals surface area contributed by atoms with Gasteiger partial charge >= 0.3 is 6.09 Å². The largest absolute Gasteiger partial charge is 0.445 e. The second-order valence-corrected chi connectivity index (χ2v) is 7.12. The molecule has 1 fully saturated rings. The number of amides is 1. The van der Waals surface area contributed by atoms with Crippen LogP contribution in [0.4, 0.5) is 10.7 Å². The molecule has 148 valence electrons. The van der Waals surface area contributed by atoms with Crippen LogP contribution in [0.3, 0.4) is 0 Å². The van der Waals surface area contributed by atoms with Gasteiger partial charge in [-0.2, -0.15) is 0 Å². The van der Waals surface area contributed by atoms with Crippen LogP contribution in [0, 0.1) is 12.8 Å². The number of nitrogens with zero attached hydrogens (tertiary/aromatic N) is 3. The van der Waals surface area contributed by atoms with E-state index in [4.69, 9.17) is 4.74 Å². The monoisotopic (exact) mass is 382 g/mol. The van der Waals surface area contributed by atoms with Crippen molar-refractivity contribution in [3.05, 3.63) is 53.3 Å². The van der Waals surface area contributed by atoms with Crippen LogP contribution in [0.5, 0.6) is 0 Å². The Morgan fingerprint density at radius 3 is 2.79 bits per heavy atom. The summed E-state index contributed by atoms with van der Waals surface area (Å²) in [6.07, 6.45) is 3.25. The first-order valence-corrected chi connectivity index (χ1v) is 9.57. The van der Waals surface area contributed by atoms with Crippen LogP contribution in [-0.4, -0.2) is 46.4 Å². The van der Waals surface area contributed by atoms with Crippen molar-refractivity contribution >= 4 is 17.8 Å². The lowest BCUT2D eigenvalue weighted by molar-refractivity contribution is 0.0804. The van der Waals surface area contributed by atoms with Crippen LogP contribution in [0.25, 0.3) is 0 Å². The molecule has 0 aliphatic carbocycles. The van der Waals surface area contributed by atoms with E-state index in [0.717, 1.165) is 18.4 Å². The van der Waals surface area contributed by atoms with Gasteiger partial charge in [0.05, 0.1) is 11.3 Å². The number of rotatable bonds is 6. The highest BCUT2D eigenvalue weighted by Crippen LogP contribution is 2.18. The zero-order chi connectivity index (χ0) is 19.9. The van der Waals surface area contributed by atoms with Crippen molar-refractivity contribution in [2.75, 3.05) is 25.0 Å². The molecule has 1 aromatic carbocycles. The van der Waals surface area contributed by atoms with E-state index in [2.05, 4.69) is 15.3 Å². The van der Waals surface area contributed by atoms with Gasteiger partial charge in [0, 0.05) is 25.8 Å². The van der Waals surface area contributed by atoms with Crippen molar-refractivity contribution in [2.24, 2.45) is 5.92 Å². The fourth-order valence-electron chi connectivity index (χ4n) is 3.34. The molecule has 28 heavy (non-hydrogen) atoms. The van der Waals surface area contributed by atoms with E-state index < -0.39 is 0 Å². The Morgan fingerprint density at radius 1 is 1.29 bits per heavy atom. The number of carbonyl (C=O) groups excluding carboxylic acids is 2. The fourth-order valence-corrected chi connectivity index (χ4v) is 3.34. The van der Waals surface area contributed by atoms with Crippen molar-refractivity contribution in [3.8, 4) is 0 Å². The first-order valence-electron chi connectivity index (χ1n) is 9.57. The van der Waals surface area contributed by atoms with Crippen molar-refractivity contribution in [2.45, 2.75) is 33.3 Å². The van der Waals surface area contributed by atoms with E-state index in [0.29, 0.717) is 42.8 Å². The summed E-state index contributed by atoms with van der Waals surface area (Å²) < 4.78 is 5.44. The summed E-state index contributed by atoms with van der Waals surface area (Å²) in [5.41, 5.74) is 2.18. The van der Waals surface area contributed by atoms with Gasteiger partial charge in [-0.1, -0.05) is 30.3 Å². The van der Waals surface area contributed by atoms with Crippen LogP contribution in [0.2, 0.25) is 0 Å². The molecule has 1 saturated heterocycles. The number of ketones is 1. The predicted octanol–water partition coefficient (Wildman–Crippen LogP) is 3.45. The molecule has 0 saturated carbocycles. The summed E-state index contributed by atoms with van der Waals surface area (Å²) in [6, 6.07) is 9.68.